The molecule has 1 aromatic carbocycles. The molecule has 0 unspecified atom stereocenters. The Morgan fingerprint density at radius 1 is 1.32 bits per heavy atom. The molecule has 2 aromatic rings. The Kier molecular flexibility index (Phi) is 4.69. The van der Waals surface area contributed by atoms with Crippen molar-refractivity contribution in [3.63, 3.8) is 0 Å². The normalized spacial score (nSPS) is 15.0. The van der Waals surface area contributed by atoms with E-state index in [0.29, 0.717) is 18.1 Å². The maximum Gasteiger partial charge on any atom is 0.261 e. The number of hydrogen-bond acceptors (Lipinski definition) is 4. The van der Waals surface area contributed by atoms with Gasteiger partial charge in [0.15, 0.2) is 11.5 Å². The van der Waals surface area contributed by atoms with Crippen LogP contribution in [-0.2, 0) is 0 Å². The van der Waals surface area contributed by atoms with Gasteiger partial charge in [-0.15, -0.1) is 11.3 Å². The van der Waals surface area contributed by atoms with Crippen LogP contribution < -0.4 is 14.8 Å². The van der Waals surface area contributed by atoms with Gasteiger partial charge in [-0.2, -0.15) is 0 Å². The summed E-state index contributed by atoms with van der Waals surface area (Å²) in [5.41, 5.74) is 0.967. The number of thiophene rings is 1. The maximum atomic E-state index is 12.2. The molecular weight excluding hydrogens is 366 g/mol. The Bertz CT molecular complexity index is 672. The largest absolute Gasteiger partial charge is 0.490 e. The van der Waals surface area contributed by atoms with Crippen LogP contribution in [-0.4, -0.2) is 19.1 Å². The zero-order valence-electron chi connectivity index (χ0n) is 12.1. The Labute approximate surface area is 141 Å². The van der Waals surface area contributed by atoms with E-state index < -0.39 is 0 Å². The first kappa shape index (κ1) is 15.4. The van der Waals surface area contributed by atoms with Crippen LogP contribution in [0.5, 0.6) is 11.5 Å². The molecule has 1 aliphatic rings. The fourth-order valence-electron chi connectivity index (χ4n) is 2.28. The molecule has 1 amide bonds. The molecule has 0 bridgehead atoms. The highest BCUT2D eigenvalue weighted by molar-refractivity contribution is 9.10. The van der Waals surface area contributed by atoms with Crippen LogP contribution in [0.15, 0.2) is 34.1 Å². The number of hydrogen-bond donors (Lipinski definition) is 1. The van der Waals surface area contributed by atoms with E-state index in [0.717, 1.165) is 28.0 Å². The summed E-state index contributed by atoms with van der Waals surface area (Å²) in [6, 6.07) is 7.39. The van der Waals surface area contributed by atoms with Crippen molar-refractivity contribution in [3.8, 4) is 11.5 Å². The molecule has 0 fully saturated rings. The summed E-state index contributed by atoms with van der Waals surface area (Å²) in [5, 5.41) is 4.90. The number of carbonyl (C=O) groups is 1. The number of fused-ring (bicyclic) bond motifs is 1. The molecule has 1 aromatic heterocycles. The average molecular weight is 382 g/mol. The number of benzene rings is 1. The van der Waals surface area contributed by atoms with Gasteiger partial charge in [0.2, 0.25) is 0 Å². The number of ether oxygens (including phenoxy) is 2. The minimum Gasteiger partial charge on any atom is -0.490 e. The fourth-order valence-corrected chi connectivity index (χ4v) is 3.58. The third kappa shape index (κ3) is 3.28. The van der Waals surface area contributed by atoms with Gasteiger partial charge in [0.1, 0.15) is 0 Å². The molecule has 1 atom stereocenters. The van der Waals surface area contributed by atoms with Crippen molar-refractivity contribution < 1.29 is 14.3 Å². The quantitative estimate of drug-likeness (QED) is 0.867. The lowest BCUT2D eigenvalue weighted by atomic mass is 10.1. The molecule has 116 valence electrons. The average Bonchev–Trinajstić information content (AvgIpc) is 2.94. The molecule has 22 heavy (non-hydrogen) atoms. The standard InChI is InChI=1S/C16H16BrNO3S/c1-10(18-16(19)15-4-2-7-22-15)11-8-13-14(9-12(11)17)21-6-3-5-20-13/h2,4,7-10H,3,5-6H2,1H3,(H,18,19)/t10-/m0/s1. The van der Waals surface area contributed by atoms with Crippen LogP contribution in [0.1, 0.15) is 34.6 Å². The van der Waals surface area contributed by atoms with Gasteiger partial charge in [-0.25, -0.2) is 0 Å². The van der Waals surface area contributed by atoms with Crippen LogP contribution in [0.4, 0.5) is 0 Å². The van der Waals surface area contributed by atoms with Gasteiger partial charge in [-0.05, 0) is 36.1 Å². The summed E-state index contributed by atoms with van der Waals surface area (Å²) in [7, 11) is 0. The van der Waals surface area contributed by atoms with Crippen molar-refractivity contribution in [2.24, 2.45) is 0 Å². The van der Waals surface area contributed by atoms with Crippen LogP contribution >= 0.6 is 27.3 Å². The third-order valence-corrected chi connectivity index (χ3v) is 4.98. The summed E-state index contributed by atoms with van der Waals surface area (Å²) >= 11 is 4.99. The van der Waals surface area contributed by atoms with E-state index in [1.54, 1.807) is 0 Å². The summed E-state index contributed by atoms with van der Waals surface area (Å²) in [5.74, 6) is 1.40. The number of amides is 1. The second kappa shape index (κ2) is 6.71. The van der Waals surface area contributed by atoms with Crippen LogP contribution in [0.2, 0.25) is 0 Å². The minimum atomic E-state index is -0.138. The van der Waals surface area contributed by atoms with E-state index in [1.165, 1.54) is 11.3 Å². The SMILES string of the molecule is C[C@H](NC(=O)c1cccs1)c1cc2c(cc1Br)OCCCO2. The molecular formula is C16H16BrNO3S. The van der Waals surface area contributed by atoms with E-state index in [-0.39, 0.29) is 11.9 Å². The first-order chi connectivity index (χ1) is 10.6. The van der Waals surface area contributed by atoms with Crippen molar-refractivity contribution in [2.75, 3.05) is 13.2 Å². The van der Waals surface area contributed by atoms with E-state index in [4.69, 9.17) is 9.47 Å². The molecule has 0 saturated carbocycles. The van der Waals surface area contributed by atoms with Crippen molar-refractivity contribution in [1.29, 1.82) is 0 Å². The first-order valence-electron chi connectivity index (χ1n) is 7.08. The zero-order chi connectivity index (χ0) is 15.5. The van der Waals surface area contributed by atoms with Gasteiger partial charge >= 0.3 is 0 Å². The minimum absolute atomic E-state index is 0.0680. The molecule has 6 heteroatoms. The predicted molar refractivity (Wildman–Crippen MR) is 89.9 cm³/mol. The fraction of sp³-hybridized carbons (Fsp3) is 0.312. The third-order valence-electron chi connectivity index (χ3n) is 3.43. The molecule has 1 aliphatic heterocycles. The summed E-state index contributed by atoms with van der Waals surface area (Å²) < 4.78 is 12.3. The van der Waals surface area contributed by atoms with Crippen LogP contribution in [0.25, 0.3) is 0 Å². The molecule has 0 spiro atoms. The maximum absolute atomic E-state index is 12.2. The Morgan fingerprint density at radius 3 is 2.73 bits per heavy atom. The van der Waals surface area contributed by atoms with Crippen molar-refractivity contribution >= 4 is 33.2 Å². The van der Waals surface area contributed by atoms with E-state index in [9.17, 15) is 4.79 Å². The van der Waals surface area contributed by atoms with Crippen molar-refractivity contribution in [2.45, 2.75) is 19.4 Å². The van der Waals surface area contributed by atoms with Gasteiger partial charge in [-0.3, -0.25) is 4.79 Å². The summed E-state index contributed by atoms with van der Waals surface area (Å²) in [4.78, 5) is 12.9. The lowest BCUT2D eigenvalue weighted by molar-refractivity contribution is 0.0944. The monoisotopic (exact) mass is 381 g/mol. The Morgan fingerprint density at radius 2 is 2.05 bits per heavy atom. The van der Waals surface area contributed by atoms with Gasteiger partial charge in [0.05, 0.1) is 24.1 Å². The Balaban J connectivity index is 1.81. The molecule has 0 aliphatic carbocycles. The van der Waals surface area contributed by atoms with E-state index in [1.807, 2.05) is 36.6 Å². The van der Waals surface area contributed by atoms with E-state index in [2.05, 4.69) is 21.2 Å². The second-order valence-corrected chi connectivity index (χ2v) is 6.85. The second-order valence-electron chi connectivity index (χ2n) is 5.04. The highest BCUT2D eigenvalue weighted by Crippen LogP contribution is 2.37. The van der Waals surface area contributed by atoms with Gasteiger partial charge in [-0.1, -0.05) is 22.0 Å². The van der Waals surface area contributed by atoms with Crippen LogP contribution in [0, 0.1) is 0 Å². The number of halogens is 1. The highest BCUT2D eigenvalue weighted by atomic mass is 79.9. The highest BCUT2D eigenvalue weighted by Gasteiger charge is 2.19. The van der Waals surface area contributed by atoms with E-state index >= 15 is 0 Å². The van der Waals surface area contributed by atoms with Gasteiger partial charge < -0.3 is 14.8 Å². The summed E-state index contributed by atoms with van der Waals surface area (Å²) in [6.07, 6.45) is 0.867. The lowest BCUT2D eigenvalue weighted by Crippen LogP contribution is -2.26. The molecule has 0 radical (unpaired) electrons. The molecule has 2 heterocycles. The van der Waals surface area contributed by atoms with Gasteiger partial charge in [0, 0.05) is 10.9 Å². The lowest BCUT2D eigenvalue weighted by Gasteiger charge is -2.18. The predicted octanol–water partition coefficient (Wildman–Crippen LogP) is 4.16. The summed E-state index contributed by atoms with van der Waals surface area (Å²) in [6.45, 7) is 3.25. The van der Waals surface area contributed by atoms with Crippen molar-refractivity contribution in [1.82, 2.24) is 5.32 Å². The molecule has 1 N–H and O–H groups in total. The zero-order valence-corrected chi connectivity index (χ0v) is 14.5. The van der Waals surface area contributed by atoms with Crippen LogP contribution in [0.3, 0.4) is 0 Å². The number of rotatable bonds is 3. The molecule has 0 saturated heterocycles. The van der Waals surface area contributed by atoms with Gasteiger partial charge in [0.25, 0.3) is 5.91 Å². The smallest absolute Gasteiger partial charge is 0.261 e. The Hall–Kier alpha value is -1.53. The topological polar surface area (TPSA) is 47.6 Å². The molecule has 4 nitrogen and oxygen atoms in total. The van der Waals surface area contributed by atoms with Crippen molar-refractivity contribution in [3.05, 3.63) is 44.6 Å². The number of nitrogens with one attached hydrogen (secondary N) is 1. The first-order valence-corrected chi connectivity index (χ1v) is 8.76. The number of carbonyl (C=O) groups excluding carboxylic acids is 1. The molecule has 3 rings (SSSR count).